The van der Waals surface area contributed by atoms with Crippen molar-refractivity contribution in [3.63, 3.8) is 0 Å². The average molecular weight is 388 g/mol. The molecule has 0 radical (unpaired) electrons. The maximum Gasteiger partial charge on any atom is 0.341 e. The fourth-order valence-electron chi connectivity index (χ4n) is 3.39. The SMILES string of the molecule is CCOC(=O)c1cc(-c2ccccc2)sc1NC(=O)C[NH+]1CCCCCC1. The number of carbonyl (C=O) groups is 2. The lowest BCUT2D eigenvalue weighted by molar-refractivity contribution is -0.890. The second-order valence-electron chi connectivity index (χ2n) is 6.83. The van der Waals surface area contributed by atoms with E-state index in [9.17, 15) is 9.59 Å². The fourth-order valence-corrected chi connectivity index (χ4v) is 4.46. The first kappa shape index (κ1) is 19.6. The first-order valence-corrected chi connectivity index (χ1v) is 10.5. The average Bonchev–Trinajstić information content (AvgIpc) is 2.91. The standard InChI is InChI=1S/C21H26N2O3S/c1-2-26-21(25)17-14-18(16-10-6-5-7-11-16)27-20(17)22-19(24)15-23-12-8-3-4-9-13-23/h5-7,10-11,14H,2-4,8-9,12-13,15H2,1H3,(H,22,24)/p+1. The number of nitrogens with one attached hydrogen (secondary N) is 2. The maximum absolute atomic E-state index is 12.6. The summed E-state index contributed by atoms with van der Waals surface area (Å²) in [6.07, 6.45) is 4.86. The van der Waals surface area contributed by atoms with Crippen LogP contribution in [0.1, 0.15) is 43.0 Å². The Labute approximate surface area is 164 Å². The molecule has 1 aromatic carbocycles. The summed E-state index contributed by atoms with van der Waals surface area (Å²) >= 11 is 1.42. The molecule has 6 heteroatoms. The molecular weight excluding hydrogens is 360 g/mol. The van der Waals surface area contributed by atoms with Gasteiger partial charge >= 0.3 is 5.97 Å². The van der Waals surface area contributed by atoms with Crippen LogP contribution in [0.15, 0.2) is 36.4 Å². The Bertz CT molecular complexity index is 765. The van der Waals surface area contributed by atoms with E-state index in [0.29, 0.717) is 23.7 Å². The number of hydrogen-bond acceptors (Lipinski definition) is 4. The minimum atomic E-state index is -0.395. The Hall–Kier alpha value is -2.18. The van der Waals surface area contributed by atoms with Gasteiger partial charge in [0.25, 0.3) is 5.91 Å². The molecule has 0 atom stereocenters. The summed E-state index contributed by atoms with van der Waals surface area (Å²) in [7, 11) is 0. The normalized spacial score (nSPS) is 15.1. The highest BCUT2D eigenvalue weighted by atomic mass is 32.1. The van der Waals surface area contributed by atoms with Gasteiger partial charge < -0.3 is 15.0 Å². The zero-order valence-corrected chi connectivity index (χ0v) is 16.6. The van der Waals surface area contributed by atoms with Crippen LogP contribution in [0.5, 0.6) is 0 Å². The van der Waals surface area contributed by atoms with E-state index < -0.39 is 5.97 Å². The highest BCUT2D eigenvalue weighted by molar-refractivity contribution is 7.20. The van der Waals surface area contributed by atoms with Crippen molar-refractivity contribution in [2.75, 3.05) is 31.6 Å². The predicted molar refractivity (Wildman–Crippen MR) is 108 cm³/mol. The van der Waals surface area contributed by atoms with E-state index in [2.05, 4.69) is 5.32 Å². The van der Waals surface area contributed by atoms with Gasteiger partial charge in [0, 0.05) is 4.88 Å². The molecule has 0 spiro atoms. The van der Waals surface area contributed by atoms with Gasteiger partial charge in [-0.3, -0.25) is 4.79 Å². The van der Waals surface area contributed by atoms with Crippen molar-refractivity contribution in [2.45, 2.75) is 32.6 Å². The molecule has 2 N–H and O–H groups in total. The summed E-state index contributed by atoms with van der Waals surface area (Å²) in [5.74, 6) is -0.438. The van der Waals surface area contributed by atoms with E-state index in [-0.39, 0.29) is 5.91 Å². The molecule has 1 amide bonds. The molecule has 1 fully saturated rings. The zero-order valence-electron chi connectivity index (χ0n) is 15.8. The van der Waals surface area contributed by atoms with Gasteiger partial charge in [-0.25, -0.2) is 4.79 Å². The van der Waals surface area contributed by atoms with Crippen LogP contribution in [-0.4, -0.2) is 38.1 Å². The summed E-state index contributed by atoms with van der Waals surface area (Å²) in [6.45, 7) is 4.61. The lowest BCUT2D eigenvalue weighted by atomic mass is 10.1. The van der Waals surface area contributed by atoms with E-state index in [4.69, 9.17) is 4.74 Å². The largest absolute Gasteiger partial charge is 0.462 e. The molecule has 1 aliphatic heterocycles. The first-order valence-electron chi connectivity index (χ1n) is 9.67. The number of carbonyl (C=O) groups excluding carboxylic acids is 2. The van der Waals surface area contributed by atoms with Crippen LogP contribution in [0.3, 0.4) is 0 Å². The third-order valence-corrected chi connectivity index (χ3v) is 5.86. The van der Waals surface area contributed by atoms with Crippen LogP contribution in [0.4, 0.5) is 5.00 Å². The first-order chi connectivity index (χ1) is 13.2. The van der Waals surface area contributed by atoms with Crippen LogP contribution >= 0.6 is 11.3 Å². The molecule has 144 valence electrons. The van der Waals surface area contributed by atoms with Gasteiger partial charge in [0.15, 0.2) is 6.54 Å². The third-order valence-electron chi connectivity index (χ3n) is 4.76. The molecule has 1 saturated heterocycles. The van der Waals surface area contributed by atoms with Crippen molar-refractivity contribution in [2.24, 2.45) is 0 Å². The summed E-state index contributed by atoms with van der Waals surface area (Å²) in [5, 5.41) is 3.54. The van der Waals surface area contributed by atoms with Crippen molar-refractivity contribution in [1.82, 2.24) is 0 Å². The zero-order chi connectivity index (χ0) is 19.1. The lowest BCUT2D eigenvalue weighted by Gasteiger charge is -2.16. The smallest absolute Gasteiger partial charge is 0.341 e. The summed E-state index contributed by atoms with van der Waals surface area (Å²) in [6, 6.07) is 11.7. The number of benzene rings is 1. The van der Waals surface area contributed by atoms with E-state index in [1.807, 2.05) is 36.4 Å². The predicted octanol–water partition coefficient (Wildman–Crippen LogP) is 2.99. The fraction of sp³-hybridized carbons (Fsp3) is 0.429. The highest BCUT2D eigenvalue weighted by Crippen LogP contribution is 2.35. The molecule has 1 aromatic heterocycles. The number of rotatable bonds is 6. The summed E-state index contributed by atoms with van der Waals surface area (Å²) < 4.78 is 5.18. The summed E-state index contributed by atoms with van der Waals surface area (Å²) in [4.78, 5) is 27.2. The number of esters is 1. The molecular formula is C21H27N2O3S+. The number of hydrogen-bond donors (Lipinski definition) is 2. The Morgan fingerprint density at radius 3 is 2.48 bits per heavy atom. The van der Waals surface area contributed by atoms with Gasteiger partial charge in [-0.15, -0.1) is 11.3 Å². The van der Waals surface area contributed by atoms with E-state index in [1.165, 1.54) is 41.9 Å². The second kappa shape index (κ2) is 9.67. The third kappa shape index (κ3) is 5.40. The molecule has 0 unspecified atom stereocenters. The van der Waals surface area contributed by atoms with Gasteiger partial charge in [0.1, 0.15) is 5.00 Å². The van der Waals surface area contributed by atoms with Crippen molar-refractivity contribution >= 4 is 28.2 Å². The Morgan fingerprint density at radius 1 is 1.11 bits per heavy atom. The Balaban J connectivity index is 1.76. The number of ether oxygens (including phenoxy) is 1. The number of thiophene rings is 1. The van der Waals surface area contributed by atoms with E-state index >= 15 is 0 Å². The minimum absolute atomic E-state index is 0.0427. The van der Waals surface area contributed by atoms with Gasteiger partial charge in [-0.05, 0) is 44.2 Å². The molecule has 2 heterocycles. The van der Waals surface area contributed by atoms with Crippen LogP contribution in [0, 0.1) is 0 Å². The summed E-state index contributed by atoms with van der Waals surface area (Å²) in [5.41, 5.74) is 1.45. The molecule has 27 heavy (non-hydrogen) atoms. The number of quaternary nitrogens is 1. The van der Waals surface area contributed by atoms with E-state index in [0.717, 1.165) is 23.5 Å². The van der Waals surface area contributed by atoms with Gasteiger partial charge in [-0.1, -0.05) is 30.3 Å². The van der Waals surface area contributed by atoms with Crippen LogP contribution in [0.25, 0.3) is 10.4 Å². The topological polar surface area (TPSA) is 59.8 Å². The van der Waals surface area contributed by atoms with Crippen LogP contribution in [-0.2, 0) is 9.53 Å². The molecule has 0 saturated carbocycles. The van der Waals surface area contributed by atoms with Crippen molar-refractivity contribution in [3.05, 3.63) is 42.0 Å². The molecule has 0 aliphatic carbocycles. The quantitative estimate of drug-likeness (QED) is 0.749. The van der Waals surface area contributed by atoms with E-state index in [1.54, 1.807) is 6.92 Å². The molecule has 1 aliphatic rings. The number of amides is 1. The monoisotopic (exact) mass is 387 g/mol. The molecule has 3 rings (SSSR count). The van der Waals surface area contributed by atoms with Gasteiger partial charge in [0.2, 0.25) is 0 Å². The highest BCUT2D eigenvalue weighted by Gasteiger charge is 2.22. The maximum atomic E-state index is 12.6. The molecule has 0 bridgehead atoms. The van der Waals surface area contributed by atoms with Gasteiger partial charge in [0.05, 0.1) is 25.3 Å². The van der Waals surface area contributed by atoms with Crippen molar-refractivity contribution in [1.29, 1.82) is 0 Å². The molecule has 5 nitrogen and oxygen atoms in total. The molecule has 2 aromatic rings. The lowest BCUT2D eigenvalue weighted by Crippen LogP contribution is -3.12. The van der Waals surface area contributed by atoms with Crippen molar-refractivity contribution < 1.29 is 19.2 Å². The Morgan fingerprint density at radius 2 is 1.81 bits per heavy atom. The minimum Gasteiger partial charge on any atom is -0.462 e. The second-order valence-corrected chi connectivity index (χ2v) is 7.88. The number of anilines is 1. The number of likely N-dealkylation sites (tertiary alicyclic amines) is 1. The van der Waals surface area contributed by atoms with Crippen molar-refractivity contribution in [3.8, 4) is 10.4 Å². The van der Waals surface area contributed by atoms with Gasteiger partial charge in [-0.2, -0.15) is 0 Å². The van der Waals surface area contributed by atoms with Crippen LogP contribution < -0.4 is 10.2 Å². The Kier molecular flexibility index (Phi) is 7.01. The van der Waals surface area contributed by atoms with Crippen LogP contribution in [0.2, 0.25) is 0 Å².